The number of hydrogen-bond donors (Lipinski definition) is 2. The summed E-state index contributed by atoms with van der Waals surface area (Å²) in [5, 5.41) is 6.25. The standard InChI is InChI=1S/C14H20N2O/c1-15-14(17)13(11-7-3-2-4-8-11)12-9-5-6-10-16-12/h2-4,7-8,12-13,16H,5-6,9-10H2,1H3,(H,15,17)/t12-,13+/m1/s1. The number of amides is 1. The van der Waals surface area contributed by atoms with E-state index in [1.807, 2.05) is 30.3 Å². The SMILES string of the molecule is CNC(=O)[C@@H](c1ccccc1)[C@H]1CCCCN1. The second-order valence-corrected chi connectivity index (χ2v) is 4.56. The zero-order valence-electron chi connectivity index (χ0n) is 10.3. The van der Waals surface area contributed by atoms with Gasteiger partial charge < -0.3 is 10.6 Å². The van der Waals surface area contributed by atoms with E-state index in [1.165, 1.54) is 12.8 Å². The molecule has 1 aliphatic rings. The molecule has 2 N–H and O–H groups in total. The Bertz CT molecular complexity index is 358. The van der Waals surface area contributed by atoms with E-state index < -0.39 is 0 Å². The topological polar surface area (TPSA) is 41.1 Å². The zero-order valence-corrected chi connectivity index (χ0v) is 10.3. The van der Waals surface area contributed by atoms with E-state index in [2.05, 4.69) is 10.6 Å². The molecule has 17 heavy (non-hydrogen) atoms. The van der Waals surface area contributed by atoms with Crippen molar-refractivity contribution in [2.45, 2.75) is 31.2 Å². The molecule has 0 saturated carbocycles. The van der Waals surface area contributed by atoms with E-state index in [4.69, 9.17) is 0 Å². The summed E-state index contributed by atoms with van der Waals surface area (Å²) in [6.07, 6.45) is 3.50. The van der Waals surface area contributed by atoms with E-state index in [0.29, 0.717) is 0 Å². The lowest BCUT2D eigenvalue weighted by Crippen LogP contribution is -2.44. The smallest absolute Gasteiger partial charge is 0.228 e. The first-order valence-corrected chi connectivity index (χ1v) is 6.33. The normalized spacial score (nSPS) is 21.8. The molecule has 0 bridgehead atoms. The summed E-state index contributed by atoms with van der Waals surface area (Å²) < 4.78 is 0. The van der Waals surface area contributed by atoms with Gasteiger partial charge in [-0.15, -0.1) is 0 Å². The Labute approximate surface area is 103 Å². The van der Waals surface area contributed by atoms with Crippen molar-refractivity contribution in [3.05, 3.63) is 35.9 Å². The third-order valence-electron chi connectivity index (χ3n) is 3.44. The van der Waals surface area contributed by atoms with Gasteiger partial charge in [-0.3, -0.25) is 4.79 Å². The molecule has 1 fully saturated rings. The second kappa shape index (κ2) is 5.82. The van der Waals surface area contributed by atoms with E-state index in [0.717, 1.165) is 18.5 Å². The Morgan fingerprint density at radius 2 is 2.12 bits per heavy atom. The molecule has 2 atom stereocenters. The molecule has 1 aromatic carbocycles. The third kappa shape index (κ3) is 2.86. The monoisotopic (exact) mass is 232 g/mol. The van der Waals surface area contributed by atoms with Crippen molar-refractivity contribution in [1.82, 2.24) is 10.6 Å². The van der Waals surface area contributed by atoms with Crippen molar-refractivity contribution in [1.29, 1.82) is 0 Å². The average Bonchev–Trinajstić information content (AvgIpc) is 2.41. The van der Waals surface area contributed by atoms with Gasteiger partial charge in [0.05, 0.1) is 5.92 Å². The Morgan fingerprint density at radius 3 is 2.71 bits per heavy atom. The predicted molar refractivity (Wildman–Crippen MR) is 68.9 cm³/mol. The Morgan fingerprint density at radius 1 is 1.35 bits per heavy atom. The molecule has 1 aliphatic heterocycles. The minimum atomic E-state index is -0.0681. The quantitative estimate of drug-likeness (QED) is 0.832. The van der Waals surface area contributed by atoms with Crippen LogP contribution in [0, 0.1) is 0 Å². The number of piperidine rings is 1. The van der Waals surface area contributed by atoms with Crippen LogP contribution in [-0.2, 0) is 4.79 Å². The summed E-state index contributed by atoms with van der Waals surface area (Å²) in [5.74, 6) is 0.0390. The van der Waals surface area contributed by atoms with Crippen LogP contribution < -0.4 is 10.6 Å². The number of benzene rings is 1. The lowest BCUT2D eigenvalue weighted by atomic mass is 9.86. The van der Waals surface area contributed by atoms with Crippen LogP contribution in [-0.4, -0.2) is 25.5 Å². The van der Waals surface area contributed by atoms with Gasteiger partial charge in [0.25, 0.3) is 0 Å². The maximum Gasteiger partial charge on any atom is 0.228 e. The first kappa shape index (κ1) is 12.1. The fourth-order valence-corrected chi connectivity index (χ4v) is 2.55. The molecule has 3 nitrogen and oxygen atoms in total. The van der Waals surface area contributed by atoms with Crippen LogP contribution in [0.25, 0.3) is 0 Å². The van der Waals surface area contributed by atoms with Crippen LogP contribution in [0.2, 0.25) is 0 Å². The van der Waals surface area contributed by atoms with Crippen LogP contribution >= 0.6 is 0 Å². The highest BCUT2D eigenvalue weighted by atomic mass is 16.1. The van der Waals surface area contributed by atoms with Crippen LogP contribution in [0.3, 0.4) is 0 Å². The van der Waals surface area contributed by atoms with Crippen molar-refractivity contribution in [2.75, 3.05) is 13.6 Å². The highest BCUT2D eigenvalue weighted by Gasteiger charge is 2.29. The molecule has 3 heteroatoms. The fraction of sp³-hybridized carbons (Fsp3) is 0.500. The zero-order chi connectivity index (χ0) is 12.1. The van der Waals surface area contributed by atoms with E-state index in [9.17, 15) is 4.79 Å². The van der Waals surface area contributed by atoms with Gasteiger partial charge in [-0.25, -0.2) is 0 Å². The summed E-state index contributed by atoms with van der Waals surface area (Å²) in [5.41, 5.74) is 1.10. The number of nitrogens with one attached hydrogen (secondary N) is 2. The number of carbonyl (C=O) groups excluding carboxylic acids is 1. The van der Waals surface area contributed by atoms with Crippen LogP contribution in [0.5, 0.6) is 0 Å². The lowest BCUT2D eigenvalue weighted by Gasteiger charge is -2.30. The highest BCUT2D eigenvalue weighted by Crippen LogP contribution is 2.25. The summed E-state index contributed by atoms with van der Waals surface area (Å²) in [6, 6.07) is 10.3. The maximum absolute atomic E-state index is 12.1. The van der Waals surface area contributed by atoms with Crippen molar-refractivity contribution >= 4 is 5.91 Å². The molecule has 1 saturated heterocycles. The first-order valence-electron chi connectivity index (χ1n) is 6.33. The Kier molecular flexibility index (Phi) is 4.15. The lowest BCUT2D eigenvalue weighted by molar-refractivity contribution is -0.122. The fourth-order valence-electron chi connectivity index (χ4n) is 2.55. The maximum atomic E-state index is 12.1. The minimum Gasteiger partial charge on any atom is -0.359 e. The molecule has 92 valence electrons. The van der Waals surface area contributed by atoms with Gasteiger partial charge in [0.1, 0.15) is 0 Å². The van der Waals surface area contributed by atoms with Crippen molar-refractivity contribution in [3.63, 3.8) is 0 Å². The van der Waals surface area contributed by atoms with E-state index >= 15 is 0 Å². The van der Waals surface area contributed by atoms with Crippen LogP contribution in [0.15, 0.2) is 30.3 Å². The molecular weight excluding hydrogens is 212 g/mol. The predicted octanol–water partition coefficient (Wildman–Crippen LogP) is 1.66. The van der Waals surface area contributed by atoms with Gasteiger partial charge in [-0.1, -0.05) is 36.8 Å². The Hall–Kier alpha value is -1.35. The highest BCUT2D eigenvalue weighted by molar-refractivity contribution is 5.84. The molecule has 1 heterocycles. The number of rotatable bonds is 3. The van der Waals surface area contributed by atoms with Gasteiger partial charge in [0, 0.05) is 13.1 Å². The minimum absolute atomic E-state index is 0.0681. The first-order chi connectivity index (χ1) is 8.33. The van der Waals surface area contributed by atoms with Crippen LogP contribution in [0.4, 0.5) is 0 Å². The number of hydrogen-bond acceptors (Lipinski definition) is 2. The molecule has 1 amide bonds. The molecular formula is C14H20N2O. The largest absolute Gasteiger partial charge is 0.359 e. The molecule has 0 aromatic heterocycles. The number of likely N-dealkylation sites (N-methyl/N-ethyl adjacent to an activating group) is 1. The van der Waals surface area contributed by atoms with E-state index in [-0.39, 0.29) is 17.9 Å². The van der Waals surface area contributed by atoms with E-state index in [1.54, 1.807) is 7.05 Å². The van der Waals surface area contributed by atoms with Gasteiger partial charge in [-0.05, 0) is 24.9 Å². The summed E-state index contributed by atoms with van der Waals surface area (Å²) >= 11 is 0. The summed E-state index contributed by atoms with van der Waals surface area (Å²) in [7, 11) is 1.71. The Balaban J connectivity index is 2.21. The molecule has 0 aliphatic carbocycles. The van der Waals surface area contributed by atoms with Crippen molar-refractivity contribution in [3.8, 4) is 0 Å². The molecule has 2 rings (SSSR count). The van der Waals surface area contributed by atoms with Gasteiger partial charge in [-0.2, -0.15) is 0 Å². The van der Waals surface area contributed by atoms with Gasteiger partial charge in [0.2, 0.25) is 5.91 Å². The number of carbonyl (C=O) groups is 1. The average molecular weight is 232 g/mol. The molecule has 1 aromatic rings. The second-order valence-electron chi connectivity index (χ2n) is 4.56. The third-order valence-corrected chi connectivity index (χ3v) is 3.44. The summed E-state index contributed by atoms with van der Waals surface area (Å²) in [6.45, 7) is 1.02. The molecule has 0 unspecified atom stereocenters. The van der Waals surface area contributed by atoms with Gasteiger partial charge >= 0.3 is 0 Å². The van der Waals surface area contributed by atoms with Gasteiger partial charge in [0.15, 0.2) is 0 Å². The molecule has 0 radical (unpaired) electrons. The van der Waals surface area contributed by atoms with Crippen molar-refractivity contribution < 1.29 is 4.79 Å². The molecule has 0 spiro atoms. The van der Waals surface area contributed by atoms with Crippen molar-refractivity contribution in [2.24, 2.45) is 0 Å². The summed E-state index contributed by atoms with van der Waals surface area (Å²) in [4.78, 5) is 12.1. The van der Waals surface area contributed by atoms with Crippen LogP contribution in [0.1, 0.15) is 30.7 Å².